The third-order valence-electron chi connectivity index (χ3n) is 3.49. The molecule has 1 rings (SSSR count). The molecule has 0 spiro atoms. The minimum Gasteiger partial charge on any atom is -0.370 e. The van der Waals surface area contributed by atoms with Gasteiger partial charge in [-0.1, -0.05) is 33.3 Å². The Kier molecular flexibility index (Phi) is 9.00. The first-order valence-corrected chi connectivity index (χ1v) is 7.92. The third-order valence-corrected chi connectivity index (χ3v) is 3.49. The van der Waals surface area contributed by atoms with E-state index < -0.39 is 0 Å². The molecule has 1 aromatic rings. The molecular formula is C16H30N4. The summed E-state index contributed by atoms with van der Waals surface area (Å²) in [6.45, 7) is 12.9. The molecule has 0 aliphatic rings. The highest BCUT2D eigenvalue weighted by molar-refractivity contribution is 5.35. The van der Waals surface area contributed by atoms with Crippen LogP contribution in [0.1, 0.15) is 39.2 Å². The van der Waals surface area contributed by atoms with E-state index in [-0.39, 0.29) is 0 Å². The van der Waals surface area contributed by atoms with Crippen LogP contribution < -0.4 is 10.6 Å². The summed E-state index contributed by atoms with van der Waals surface area (Å²) in [6.07, 6.45) is 4.36. The Balaban J connectivity index is 2.21. The van der Waals surface area contributed by atoms with Gasteiger partial charge in [-0.25, -0.2) is 4.98 Å². The maximum Gasteiger partial charge on any atom is 0.125 e. The summed E-state index contributed by atoms with van der Waals surface area (Å²) in [6, 6.07) is 4.21. The fraction of sp³-hybridized carbons (Fsp3) is 0.688. The number of nitrogens with one attached hydrogen (secondary N) is 2. The fourth-order valence-electron chi connectivity index (χ4n) is 2.04. The number of rotatable bonds is 11. The van der Waals surface area contributed by atoms with Gasteiger partial charge in [0.25, 0.3) is 0 Å². The van der Waals surface area contributed by atoms with Crippen molar-refractivity contribution in [2.75, 3.05) is 38.0 Å². The Morgan fingerprint density at radius 1 is 1.10 bits per heavy atom. The first kappa shape index (κ1) is 16.9. The highest BCUT2D eigenvalue weighted by atomic mass is 15.1. The minimum atomic E-state index is 0.892. The summed E-state index contributed by atoms with van der Waals surface area (Å²) >= 11 is 0. The molecule has 2 N–H and O–H groups in total. The van der Waals surface area contributed by atoms with Gasteiger partial charge >= 0.3 is 0 Å². The molecule has 0 saturated carbocycles. The Hall–Kier alpha value is -1.13. The molecule has 0 saturated heterocycles. The Labute approximate surface area is 124 Å². The van der Waals surface area contributed by atoms with Gasteiger partial charge in [0.1, 0.15) is 5.82 Å². The summed E-state index contributed by atoms with van der Waals surface area (Å²) < 4.78 is 0. The predicted octanol–water partition coefficient (Wildman–Crippen LogP) is 2.73. The number of unbranched alkanes of at least 4 members (excludes halogenated alkanes) is 1. The van der Waals surface area contributed by atoms with Crippen LogP contribution in [-0.2, 0) is 6.54 Å². The number of aromatic nitrogens is 1. The molecule has 0 atom stereocenters. The van der Waals surface area contributed by atoms with Gasteiger partial charge in [0.05, 0.1) is 0 Å². The van der Waals surface area contributed by atoms with Crippen molar-refractivity contribution in [3.05, 3.63) is 23.9 Å². The number of likely N-dealkylation sites (N-methyl/N-ethyl adjacent to an activating group) is 1. The first-order chi connectivity index (χ1) is 9.80. The van der Waals surface area contributed by atoms with Crippen molar-refractivity contribution in [1.82, 2.24) is 15.2 Å². The van der Waals surface area contributed by atoms with E-state index in [0.717, 1.165) is 45.1 Å². The number of hydrogen-bond acceptors (Lipinski definition) is 4. The highest BCUT2D eigenvalue weighted by Gasteiger charge is 1.99. The monoisotopic (exact) mass is 278 g/mol. The molecule has 0 aliphatic carbocycles. The molecule has 0 bridgehead atoms. The van der Waals surface area contributed by atoms with Gasteiger partial charge in [-0.15, -0.1) is 0 Å². The lowest BCUT2D eigenvalue weighted by molar-refractivity contribution is 0.302. The first-order valence-electron chi connectivity index (χ1n) is 7.92. The zero-order valence-electron chi connectivity index (χ0n) is 13.3. The van der Waals surface area contributed by atoms with Crippen LogP contribution in [-0.4, -0.2) is 42.6 Å². The van der Waals surface area contributed by atoms with Crippen LogP contribution in [0.15, 0.2) is 18.3 Å². The molecule has 0 unspecified atom stereocenters. The van der Waals surface area contributed by atoms with Gasteiger partial charge in [0.2, 0.25) is 0 Å². The van der Waals surface area contributed by atoms with Crippen molar-refractivity contribution in [3.63, 3.8) is 0 Å². The van der Waals surface area contributed by atoms with Gasteiger partial charge in [-0.05, 0) is 31.1 Å². The molecule has 0 aromatic carbocycles. The fourth-order valence-corrected chi connectivity index (χ4v) is 2.04. The summed E-state index contributed by atoms with van der Waals surface area (Å²) in [7, 11) is 0. The highest BCUT2D eigenvalue weighted by Crippen LogP contribution is 2.05. The van der Waals surface area contributed by atoms with E-state index in [1.807, 2.05) is 6.20 Å². The zero-order chi connectivity index (χ0) is 14.6. The molecule has 0 fully saturated rings. The van der Waals surface area contributed by atoms with Crippen LogP contribution in [0.25, 0.3) is 0 Å². The second kappa shape index (κ2) is 10.6. The van der Waals surface area contributed by atoms with E-state index in [2.05, 4.69) is 53.4 Å². The number of nitrogens with zero attached hydrogens (tertiary/aromatic N) is 2. The van der Waals surface area contributed by atoms with Gasteiger partial charge < -0.3 is 15.5 Å². The van der Waals surface area contributed by atoms with E-state index in [9.17, 15) is 0 Å². The average Bonchev–Trinajstić information content (AvgIpc) is 2.49. The maximum absolute atomic E-state index is 4.44. The van der Waals surface area contributed by atoms with Crippen LogP contribution in [0.4, 0.5) is 5.82 Å². The van der Waals surface area contributed by atoms with E-state index in [4.69, 9.17) is 0 Å². The molecule has 4 heteroatoms. The van der Waals surface area contributed by atoms with E-state index in [1.165, 1.54) is 18.4 Å². The quantitative estimate of drug-likeness (QED) is 0.611. The number of hydrogen-bond donors (Lipinski definition) is 2. The topological polar surface area (TPSA) is 40.2 Å². The molecule has 4 nitrogen and oxygen atoms in total. The molecule has 0 amide bonds. The van der Waals surface area contributed by atoms with E-state index >= 15 is 0 Å². The zero-order valence-corrected chi connectivity index (χ0v) is 13.3. The second-order valence-corrected chi connectivity index (χ2v) is 5.04. The van der Waals surface area contributed by atoms with Crippen LogP contribution in [0.5, 0.6) is 0 Å². The smallest absolute Gasteiger partial charge is 0.125 e. The summed E-state index contributed by atoms with van der Waals surface area (Å²) in [5.74, 6) is 0.977. The SMILES string of the molecule is CCCCNc1ccc(CNCCN(CC)CC)cn1. The maximum atomic E-state index is 4.44. The predicted molar refractivity (Wildman–Crippen MR) is 87.1 cm³/mol. The second-order valence-electron chi connectivity index (χ2n) is 5.04. The standard InChI is InChI=1S/C16H30N4/c1-4-7-10-18-16-9-8-15(14-19-16)13-17-11-12-20(5-2)6-3/h8-9,14,17H,4-7,10-13H2,1-3H3,(H,18,19). The van der Waals surface area contributed by atoms with Crippen LogP contribution in [0, 0.1) is 0 Å². The average molecular weight is 278 g/mol. The molecule has 1 aromatic heterocycles. The number of pyridine rings is 1. The van der Waals surface area contributed by atoms with Crippen molar-refractivity contribution in [1.29, 1.82) is 0 Å². The molecule has 114 valence electrons. The van der Waals surface area contributed by atoms with E-state index in [1.54, 1.807) is 0 Å². The summed E-state index contributed by atoms with van der Waals surface area (Å²) in [5.41, 5.74) is 1.24. The van der Waals surface area contributed by atoms with Gasteiger partial charge in [0, 0.05) is 32.4 Å². The van der Waals surface area contributed by atoms with Gasteiger partial charge in [-0.3, -0.25) is 0 Å². The van der Waals surface area contributed by atoms with Crippen molar-refractivity contribution in [2.24, 2.45) is 0 Å². The lowest BCUT2D eigenvalue weighted by Crippen LogP contribution is -2.31. The number of anilines is 1. The normalized spacial score (nSPS) is 11.0. The molecule has 1 heterocycles. The molecular weight excluding hydrogens is 248 g/mol. The van der Waals surface area contributed by atoms with Crippen molar-refractivity contribution >= 4 is 5.82 Å². The molecule has 0 radical (unpaired) electrons. The lowest BCUT2D eigenvalue weighted by atomic mass is 10.2. The Morgan fingerprint density at radius 3 is 2.50 bits per heavy atom. The molecule has 0 aliphatic heterocycles. The van der Waals surface area contributed by atoms with E-state index in [0.29, 0.717) is 0 Å². The van der Waals surface area contributed by atoms with Crippen LogP contribution >= 0.6 is 0 Å². The van der Waals surface area contributed by atoms with Gasteiger partial charge in [-0.2, -0.15) is 0 Å². The van der Waals surface area contributed by atoms with Crippen LogP contribution in [0.3, 0.4) is 0 Å². The Morgan fingerprint density at radius 2 is 1.90 bits per heavy atom. The van der Waals surface area contributed by atoms with Crippen molar-refractivity contribution in [2.45, 2.75) is 40.2 Å². The van der Waals surface area contributed by atoms with Crippen LogP contribution in [0.2, 0.25) is 0 Å². The van der Waals surface area contributed by atoms with Gasteiger partial charge in [0.15, 0.2) is 0 Å². The Bertz CT molecular complexity index is 333. The molecule has 20 heavy (non-hydrogen) atoms. The summed E-state index contributed by atoms with van der Waals surface area (Å²) in [5, 5.41) is 6.80. The largest absolute Gasteiger partial charge is 0.370 e. The van der Waals surface area contributed by atoms with Crippen molar-refractivity contribution < 1.29 is 0 Å². The minimum absolute atomic E-state index is 0.892. The summed E-state index contributed by atoms with van der Waals surface area (Å²) in [4.78, 5) is 6.86. The third kappa shape index (κ3) is 6.87. The lowest BCUT2D eigenvalue weighted by Gasteiger charge is -2.18. The van der Waals surface area contributed by atoms with Crippen molar-refractivity contribution in [3.8, 4) is 0 Å².